The van der Waals surface area contributed by atoms with Crippen molar-refractivity contribution in [3.63, 3.8) is 0 Å². The normalized spacial score (nSPS) is 11.3. The molecule has 11 heteroatoms. The maximum atomic E-state index is 12.0. The van der Waals surface area contributed by atoms with Crippen molar-refractivity contribution in [2.24, 2.45) is 0 Å². The number of halogens is 2. The number of para-hydroxylation sites is 1. The first-order valence-corrected chi connectivity index (χ1v) is 12.9. The van der Waals surface area contributed by atoms with Gasteiger partial charge in [-0.25, -0.2) is 14.5 Å². The Bertz CT molecular complexity index is 1370. The van der Waals surface area contributed by atoms with Crippen LogP contribution in [0.5, 0.6) is 5.75 Å². The number of carbonyl (C=O) groups is 1. The average Bonchev–Trinajstić information content (AvgIpc) is 3.46. The topological polar surface area (TPSA) is 90.3 Å². The fraction of sp³-hybridized carbons (Fsp3) is 0.320. The van der Waals surface area contributed by atoms with Crippen molar-refractivity contribution >= 4 is 55.9 Å². The summed E-state index contributed by atoms with van der Waals surface area (Å²) in [6.07, 6.45) is 1.87. The van der Waals surface area contributed by atoms with Gasteiger partial charge in [-0.2, -0.15) is 5.10 Å². The second-order valence-electron chi connectivity index (χ2n) is 8.32. The highest BCUT2D eigenvalue weighted by Crippen LogP contribution is 2.34. The first-order valence-electron chi connectivity index (χ1n) is 11.4. The van der Waals surface area contributed by atoms with Crippen LogP contribution in [0.1, 0.15) is 41.4 Å². The maximum Gasteiger partial charge on any atom is 0.338 e. The Kier molecular flexibility index (Phi) is 8.35. The number of methoxy groups -OCH3 is 2. The number of carbonyl (C=O) groups excluding carboxylic acids is 1. The van der Waals surface area contributed by atoms with Crippen LogP contribution in [0.4, 0.5) is 5.13 Å². The monoisotopic (exact) mass is 547 g/mol. The third-order valence-corrected chi connectivity index (χ3v) is 7.21. The molecule has 0 spiro atoms. The zero-order valence-corrected chi connectivity index (χ0v) is 22.7. The number of esters is 1. The quantitative estimate of drug-likeness (QED) is 0.188. The van der Waals surface area contributed by atoms with Crippen molar-refractivity contribution < 1.29 is 14.3 Å². The molecule has 0 fully saturated rings. The van der Waals surface area contributed by atoms with E-state index in [1.165, 1.54) is 18.4 Å². The molecule has 0 aliphatic heterocycles. The third kappa shape index (κ3) is 5.44. The number of ether oxygens (including phenoxy) is 2. The van der Waals surface area contributed by atoms with Gasteiger partial charge in [0.1, 0.15) is 17.0 Å². The van der Waals surface area contributed by atoms with Gasteiger partial charge >= 0.3 is 5.97 Å². The lowest BCUT2D eigenvalue weighted by Gasteiger charge is -2.14. The van der Waals surface area contributed by atoms with E-state index in [1.54, 1.807) is 19.2 Å². The van der Waals surface area contributed by atoms with Gasteiger partial charge in [0.2, 0.25) is 0 Å². The van der Waals surface area contributed by atoms with E-state index >= 15 is 0 Å². The molecule has 8 nitrogen and oxygen atoms in total. The van der Waals surface area contributed by atoms with E-state index in [-0.39, 0.29) is 0 Å². The van der Waals surface area contributed by atoms with Crippen molar-refractivity contribution in [3.8, 4) is 11.4 Å². The van der Waals surface area contributed by atoms with Crippen LogP contribution in [0.25, 0.3) is 15.9 Å². The SMILES string of the molecule is COC(=O)c1cc(OC)c2nc(NCCNCc3c(C(C)C)cnn3-c3c(Cl)cccc3Cl)sc2c1. The lowest BCUT2D eigenvalue weighted by Crippen LogP contribution is -2.24. The van der Waals surface area contributed by atoms with Crippen LogP contribution < -0.4 is 15.4 Å². The molecule has 0 atom stereocenters. The number of nitrogens with one attached hydrogen (secondary N) is 2. The Hall–Kier alpha value is -2.85. The lowest BCUT2D eigenvalue weighted by molar-refractivity contribution is 0.0600. The Balaban J connectivity index is 1.44. The molecule has 0 bridgehead atoms. The minimum absolute atomic E-state index is 0.294. The van der Waals surface area contributed by atoms with Gasteiger partial charge in [0.15, 0.2) is 5.13 Å². The zero-order chi connectivity index (χ0) is 25.8. The van der Waals surface area contributed by atoms with Gasteiger partial charge in [0.05, 0.1) is 46.4 Å². The highest BCUT2D eigenvalue weighted by atomic mass is 35.5. The molecule has 0 aliphatic rings. The molecule has 2 N–H and O–H groups in total. The average molecular weight is 548 g/mol. The van der Waals surface area contributed by atoms with Gasteiger partial charge in [-0.1, -0.05) is 54.5 Å². The third-order valence-electron chi connectivity index (χ3n) is 5.64. The summed E-state index contributed by atoms with van der Waals surface area (Å²) in [6.45, 7) is 6.18. The van der Waals surface area contributed by atoms with Gasteiger partial charge in [0.25, 0.3) is 0 Å². The lowest BCUT2D eigenvalue weighted by atomic mass is 10.0. The number of fused-ring (bicyclic) bond motifs is 1. The number of hydrogen-bond donors (Lipinski definition) is 2. The molecule has 2 aromatic carbocycles. The molecule has 36 heavy (non-hydrogen) atoms. The molecule has 0 unspecified atom stereocenters. The van der Waals surface area contributed by atoms with Gasteiger partial charge < -0.3 is 20.1 Å². The van der Waals surface area contributed by atoms with Crippen LogP contribution in [0, 0.1) is 0 Å². The summed E-state index contributed by atoms with van der Waals surface area (Å²) in [5, 5.41) is 13.2. The molecule has 0 radical (unpaired) electrons. The summed E-state index contributed by atoms with van der Waals surface area (Å²) in [6, 6.07) is 8.83. The van der Waals surface area contributed by atoms with Crippen LogP contribution in [0.15, 0.2) is 36.5 Å². The van der Waals surface area contributed by atoms with Gasteiger partial charge in [0, 0.05) is 19.6 Å². The minimum Gasteiger partial charge on any atom is -0.494 e. The van der Waals surface area contributed by atoms with E-state index in [1.807, 2.05) is 29.1 Å². The summed E-state index contributed by atoms with van der Waals surface area (Å²) < 4.78 is 12.9. The number of aromatic nitrogens is 3. The van der Waals surface area contributed by atoms with Crippen molar-refractivity contribution in [1.82, 2.24) is 20.1 Å². The molecule has 2 heterocycles. The first kappa shape index (κ1) is 26.2. The predicted molar refractivity (Wildman–Crippen MR) is 145 cm³/mol. The Morgan fingerprint density at radius 3 is 2.58 bits per heavy atom. The van der Waals surface area contributed by atoms with E-state index in [0.29, 0.717) is 58.1 Å². The van der Waals surface area contributed by atoms with Crippen LogP contribution in [-0.2, 0) is 11.3 Å². The standard InChI is InChI=1S/C25H27Cl2N5O3S/c1-14(2)16-12-30-32(23-17(26)6-5-7-18(23)27)19(16)13-28-8-9-29-25-31-22-20(34-3)10-15(24(33)35-4)11-21(22)36-25/h5-7,10-12,14,28H,8-9,13H2,1-4H3,(H,29,31). The molecule has 4 aromatic rings. The van der Waals surface area contributed by atoms with E-state index in [2.05, 4.69) is 34.6 Å². The number of rotatable bonds is 10. The second-order valence-corrected chi connectivity index (χ2v) is 10.2. The van der Waals surface area contributed by atoms with Crippen molar-refractivity contribution in [2.75, 3.05) is 32.6 Å². The fourth-order valence-electron chi connectivity index (χ4n) is 3.86. The van der Waals surface area contributed by atoms with E-state index in [4.69, 9.17) is 32.7 Å². The van der Waals surface area contributed by atoms with E-state index in [9.17, 15) is 4.79 Å². The summed E-state index contributed by atoms with van der Waals surface area (Å²) in [7, 11) is 2.91. The summed E-state index contributed by atoms with van der Waals surface area (Å²) >= 11 is 14.4. The summed E-state index contributed by atoms with van der Waals surface area (Å²) in [5.41, 5.74) is 3.95. The van der Waals surface area contributed by atoms with Crippen LogP contribution in [-0.4, -0.2) is 48.0 Å². The van der Waals surface area contributed by atoms with Crippen molar-refractivity contribution in [1.29, 1.82) is 0 Å². The highest BCUT2D eigenvalue weighted by Gasteiger charge is 2.19. The number of thiazole rings is 1. The van der Waals surface area contributed by atoms with Gasteiger partial charge in [-0.15, -0.1) is 0 Å². The second kappa shape index (κ2) is 11.5. The van der Waals surface area contributed by atoms with Gasteiger partial charge in [-0.05, 0) is 35.7 Å². The predicted octanol–water partition coefficient (Wildman–Crippen LogP) is 5.91. The smallest absolute Gasteiger partial charge is 0.338 e. The molecular weight excluding hydrogens is 521 g/mol. The molecule has 0 amide bonds. The first-order chi connectivity index (χ1) is 17.3. The molecular formula is C25H27Cl2N5O3S. The van der Waals surface area contributed by atoms with E-state index in [0.717, 1.165) is 21.1 Å². The minimum atomic E-state index is -0.416. The van der Waals surface area contributed by atoms with Crippen molar-refractivity contribution in [3.05, 3.63) is 63.4 Å². The van der Waals surface area contributed by atoms with Crippen molar-refractivity contribution in [2.45, 2.75) is 26.3 Å². The highest BCUT2D eigenvalue weighted by molar-refractivity contribution is 7.22. The molecule has 190 valence electrons. The van der Waals surface area contributed by atoms with Gasteiger partial charge in [-0.3, -0.25) is 0 Å². The Morgan fingerprint density at radius 2 is 1.92 bits per heavy atom. The molecule has 4 rings (SSSR count). The fourth-order valence-corrected chi connectivity index (χ4v) is 5.37. The summed E-state index contributed by atoms with van der Waals surface area (Å²) in [5.74, 6) is 0.408. The number of nitrogens with zero attached hydrogens (tertiary/aromatic N) is 3. The molecule has 0 saturated carbocycles. The largest absolute Gasteiger partial charge is 0.494 e. The Labute approximate surface area is 223 Å². The number of benzene rings is 2. The maximum absolute atomic E-state index is 12.0. The molecule has 0 saturated heterocycles. The zero-order valence-electron chi connectivity index (χ0n) is 20.4. The van der Waals surface area contributed by atoms with Crippen LogP contribution in [0.2, 0.25) is 10.0 Å². The summed E-state index contributed by atoms with van der Waals surface area (Å²) in [4.78, 5) is 16.6. The molecule has 0 aliphatic carbocycles. The molecule has 2 aromatic heterocycles. The van der Waals surface area contributed by atoms with E-state index < -0.39 is 5.97 Å². The van der Waals surface area contributed by atoms with Crippen LogP contribution >= 0.6 is 34.5 Å². The number of anilines is 1. The number of hydrogen-bond acceptors (Lipinski definition) is 8. The van der Waals surface area contributed by atoms with Crippen LogP contribution in [0.3, 0.4) is 0 Å². The Morgan fingerprint density at radius 1 is 1.17 bits per heavy atom.